The summed E-state index contributed by atoms with van der Waals surface area (Å²) >= 11 is 0. The largest absolute Gasteiger partial charge is 0.379 e. The van der Waals surface area contributed by atoms with E-state index in [-0.39, 0.29) is 24.4 Å². The minimum absolute atomic E-state index is 0. The summed E-state index contributed by atoms with van der Waals surface area (Å²) < 4.78 is 5.46. The molecule has 18 heavy (non-hydrogen) atoms. The summed E-state index contributed by atoms with van der Waals surface area (Å²) in [5.41, 5.74) is 0. The van der Waals surface area contributed by atoms with E-state index in [0.717, 1.165) is 45.4 Å². The Balaban J connectivity index is 0.00000162. The van der Waals surface area contributed by atoms with Crippen LogP contribution in [0.25, 0.3) is 0 Å². The highest BCUT2D eigenvalue weighted by Gasteiger charge is 2.32. The fourth-order valence-electron chi connectivity index (χ4n) is 2.86. The Kier molecular flexibility index (Phi) is 6.39. The van der Waals surface area contributed by atoms with Crippen LogP contribution in [0.2, 0.25) is 0 Å². The molecule has 0 spiro atoms. The van der Waals surface area contributed by atoms with Gasteiger partial charge in [0, 0.05) is 26.7 Å². The number of halogens is 1. The molecule has 0 radical (unpaired) electrons. The summed E-state index contributed by atoms with van der Waals surface area (Å²) in [6, 6.07) is 0. The molecule has 5 heteroatoms. The quantitative estimate of drug-likeness (QED) is 0.826. The second kappa shape index (κ2) is 7.31. The Hall–Kier alpha value is -0.320. The second-order valence-corrected chi connectivity index (χ2v) is 5.37. The highest BCUT2D eigenvalue weighted by molar-refractivity contribution is 5.85. The molecule has 2 heterocycles. The number of amides is 1. The molecule has 106 valence electrons. The number of nitrogens with zero attached hydrogens (tertiary/aromatic N) is 1. The predicted molar refractivity (Wildman–Crippen MR) is 74.0 cm³/mol. The zero-order valence-corrected chi connectivity index (χ0v) is 12.2. The highest BCUT2D eigenvalue weighted by atomic mass is 35.5. The molecule has 0 aromatic heterocycles. The fraction of sp³-hybridized carbons (Fsp3) is 0.923. The van der Waals surface area contributed by atoms with E-state index in [2.05, 4.69) is 12.2 Å². The molecule has 2 aliphatic rings. The molecule has 2 aliphatic heterocycles. The minimum atomic E-state index is 0. The number of hydrogen-bond acceptors (Lipinski definition) is 3. The lowest BCUT2D eigenvalue weighted by molar-refractivity contribution is -0.141. The van der Waals surface area contributed by atoms with Crippen molar-refractivity contribution >= 4 is 18.3 Å². The van der Waals surface area contributed by atoms with Crippen molar-refractivity contribution in [3.8, 4) is 0 Å². The van der Waals surface area contributed by atoms with E-state index in [0.29, 0.717) is 11.8 Å². The molecule has 0 aliphatic carbocycles. The normalized spacial score (nSPS) is 32.8. The highest BCUT2D eigenvalue weighted by Crippen LogP contribution is 2.22. The van der Waals surface area contributed by atoms with Gasteiger partial charge in [0.2, 0.25) is 5.91 Å². The SMILES string of the molecule is COC1CN(C(=O)C2CCCNC2)CCC1C.Cl. The lowest BCUT2D eigenvalue weighted by Gasteiger charge is -2.38. The molecule has 1 N–H and O–H groups in total. The molecular formula is C13H25ClN2O2. The van der Waals surface area contributed by atoms with E-state index in [4.69, 9.17) is 4.74 Å². The zero-order valence-electron chi connectivity index (χ0n) is 11.4. The fourth-order valence-corrected chi connectivity index (χ4v) is 2.86. The van der Waals surface area contributed by atoms with Crippen molar-refractivity contribution in [2.75, 3.05) is 33.3 Å². The van der Waals surface area contributed by atoms with Gasteiger partial charge in [-0.05, 0) is 31.7 Å². The average Bonchev–Trinajstić information content (AvgIpc) is 2.39. The number of carbonyl (C=O) groups is 1. The Morgan fingerprint density at radius 1 is 1.39 bits per heavy atom. The number of nitrogens with one attached hydrogen (secondary N) is 1. The number of rotatable bonds is 2. The Morgan fingerprint density at radius 3 is 2.78 bits per heavy atom. The summed E-state index contributed by atoms with van der Waals surface area (Å²) in [7, 11) is 1.75. The van der Waals surface area contributed by atoms with E-state index in [1.807, 2.05) is 4.90 Å². The van der Waals surface area contributed by atoms with Crippen molar-refractivity contribution in [2.45, 2.75) is 32.3 Å². The molecule has 0 aromatic rings. The van der Waals surface area contributed by atoms with Crippen LogP contribution in [0.4, 0.5) is 0 Å². The van der Waals surface area contributed by atoms with Gasteiger partial charge in [-0.15, -0.1) is 12.4 Å². The summed E-state index contributed by atoms with van der Waals surface area (Å²) in [6.45, 7) is 5.78. The van der Waals surface area contributed by atoms with Gasteiger partial charge in [0.1, 0.15) is 0 Å². The number of hydrogen-bond donors (Lipinski definition) is 1. The maximum atomic E-state index is 12.4. The molecular weight excluding hydrogens is 252 g/mol. The van der Waals surface area contributed by atoms with Crippen molar-refractivity contribution in [1.29, 1.82) is 0 Å². The van der Waals surface area contributed by atoms with Gasteiger partial charge >= 0.3 is 0 Å². The van der Waals surface area contributed by atoms with Gasteiger partial charge in [0.05, 0.1) is 12.0 Å². The first-order valence-corrected chi connectivity index (χ1v) is 6.74. The lowest BCUT2D eigenvalue weighted by Crippen LogP contribution is -2.50. The van der Waals surface area contributed by atoms with E-state index in [1.165, 1.54) is 0 Å². The van der Waals surface area contributed by atoms with Crippen LogP contribution in [0, 0.1) is 11.8 Å². The van der Waals surface area contributed by atoms with Crippen LogP contribution in [0.3, 0.4) is 0 Å². The van der Waals surface area contributed by atoms with E-state index < -0.39 is 0 Å². The molecule has 4 nitrogen and oxygen atoms in total. The average molecular weight is 277 g/mol. The Labute approximate surface area is 116 Å². The third-order valence-electron chi connectivity index (χ3n) is 4.15. The van der Waals surface area contributed by atoms with E-state index in [1.54, 1.807) is 7.11 Å². The summed E-state index contributed by atoms with van der Waals surface area (Å²) in [6.07, 6.45) is 3.43. The smallest absolute Gasteiger partial charge is 0.227 e. The molecule has 3 atom stereocenters. The topological polar surface area (TPSA) is 41.6 Å². The van der Waals surface area contributed by atoms with Crippen LogP contribution in [-0.2, 0) is 9.53 Å². The Morgan fingerprint density at radius 2 is 2.17 bits per heavy atom. The van der Waals surface area contributed by atoms with Crippen LogP contribution in [0.5, 0.6) is 0 Å². The maximum absolute atomic E-state index is 12.4. The van der Waals surface area contributed by atoms with Gasteiger partial charge in [0.25, 0.3) is 0 Å². The predicted octanol–water partition coefficient (Wildman–Crippen LogP) is 1.29. The third-order valence-corrected chi connectivity index (χ3v) is 4.15. The molecule has 1 amide bonds. The van der Waals surface area contributed by atoms with Crippen LogP contribution >= 0.6 is 12.4 Å². The number of likely N-dealkylation sites (tertiary alicyclic amines) is 1. The van der Waals surface area contributed by atoms with Crippen molar-refractivity contribution in [2.24, 2.45) is 11.8 Å². The maximum Gasteiger partial charge on any atom is 0.227 e. The molecule has 0 aromatic carbocycles. The number of ether oxygens (including phenoxy) is 1. The van der Waals surface area contributed by atoms with Crippen LogP contribution < -0.4 is 5.32 Å². The van der Waals surface area contributed by atoms with Crippen LogP contribution in [0.15, 0.2) is 0 Å². The molecule has 0 bridgehead atoms. The van der Waals surface area contributed by atoms with Crippen molar-refractivity contribution in [3.05, 3.63) is 0 Å². The van der Waals surface area contributed by atoms with Gasteiger partial charge in [-0.1, -0.05) is 6.92 Å². The first kappa shape index (κ1) is 15.7. The standard InChI is InChI=1S/C13H24N2O2.ClH/c1-10-5-7-15(9-12(10)17-2)13(16)11-4-3-6-14-8-11;/h10-12,14H,3-9H2,1-2H3;1H. The molecule has 0 saturated carbocycles. The first-order valence-electron chi connectivity index (χ1n) is 6.74. The van der Waals surface area contributed by atoms with Crippen molar-refractivity contribution in [1.82, 2.24) is 10.2 Å². The minimum Gasteiger partial charge on any atom is -0.379 e. The molecule has 2 fully saturated rings. The van der Waals surface area contributed by atoms with E-state index in [9.17, 15) is 4.79 Å². The molecule has 2 rings (SSSR count). The first-order chi connectivity index (χ1) is 8.22. The Bertz CT molecular complexity index is 270. The van der Waals surface area contributed by atoms with Crippen molar-refractivity contribution in [3.63, 3.8) is 0 Å². The monoisotopic (exact) mass is 276 g/mol. The summed E-state index contributed by atoms with van der Waals surface area (Å²) in [5.74, 6) is 1.08. The number of carbonyl (C=O) groups excluding carboxylic acids is 1. The number of piperidine rings is 2. The van der Waals surface area contributed by atoms with E-state index >= 15 is 0 Å². The van der Waals surface area contributed by atoms with Gasteiger partial charge in [-0.25, -0.2) is 0 Å². The second-order valence-electron chi connectivity index (χ2n) is 5.37. The summed E-state index contributed by atoms with van der Waals surface area (Å²) in [4.78, 5) is 14.4. The molecule has 2 saturated heterocycles. The van der Waals surface area contributed by atoms with Crippen LogP contribution in [-0.4, -0.2) is 50.2 Å². The van der Waals surface area contributed by atoms with Gasteiger partial charge in [0.15, 0.2) is 0 Å². The molecule has 3 unspecified atom stereocenters. The number of methoxy groups -OCH3 is 1. The van der Waals surface area contributed by atoms with Crippen molar-refractivity contribution < 1.29 is 9.53 Å². The summed E-state index contributed by atoms with van der Waals surface area (Å²) in [5, 5.41) is 3.31. The third kappa shape index (κ3) is 3.59. The van der Waals surface area contributed by atoms with Crippen LogP contribution in [0.1, 0.15) is 26.2 Å². The zero-order chi connectivity index (χ0) is 12.3. The lowest BCUT2D eigenvalue weighted by atomic mass is 9.92. The van der Waals surface area contributed by atoms with Gasteiger partial charge < -0.3 is 15.0 Å². The van der Waals surface area contributed by atoms with Gasteiger partial charge in [-0.2, -0.15) is 0 Å². The van der Waals surface area contributed by atoms with Gasteiger partial charge in [-0.3, -0.25) is 4.79 Å².